The van der Waals surface area contributed by atoms with Gasteiger partial charge >= 0.3 is 0 Å². The molecule has 1 aliphatic heterocycles. The molecule has 0 atom stereocenters. The Kier molecular flexibility index (Phi) is 6.15. The largest absolute Gasteiger partial charge is 0.378 e. The molecule has 0 unspecified atom stereocenters. The Morgan fingerprint density at radius 3 is 2.67 bits per heavy atom. The minimum Gasteiger partial charge on any atom is -0.378 e. The number of methoxy groups -OCH3 is 2. The molecule has 3 aromatic heterocycles. The molecular formula is C22H26N8O3. The van der Waals surface area contributed by atoms with Crippen molar-refractivity contribution in [2.75, 3.05) is 50.7 Å². The zero-order valence-electron chi connectivity index (χ0n) is 18.6. The van der Waals surface area contributed by atoms with Crippen LogP contribution in [0.25, 0.3) is 16.9 Å². The first-order valence-corrected chi connectivity index (χ1v) is 10.7. The highest BCUT2D eigenvalue weighted by molar-refractivity contribution is 5.73. The standard InChI is InChI=1S/C22H26N8O3/c1-31-19(32-2)15-29-14-16(13-24-29)20-21-26-22(27-30(21)8-7-23-20)25-17-3-5-18(6-4-17)28-9-11-33-12-10-28/h3-8,13-14,19H,9-12,15H2,1-2H3,(H,25,27). The van der Waals surface area contributed by atoms with Gasteiger partial charge in [-0.1, -0.05) is 0 Å². The summed E-state index contributed by atoms with van der Waals surface area (Å²) in [7, 11) is 3.20. The maximum atomic E-state index is 5.43. The fourth-order valence-electron chi connectivity index (χ4n) is 3.76. The highest BCUT2D eigenvalue weighted by Crippen LogP contribution is 2.24. The molecule has 1 saturated heterocycles. The van der Waals surface area contributed by atoms with Gasteiger partial charge in [0.25, 0.3) is 0 Å². The molecule has 11 heteroatoms. The smallest absolute Gasteiger partial charge is 0.247 e. The van der Waals surface area contributed by atoms with Gasteiger partial charge < -0.3 is 24.4 Å². The normalized spacial score (nSPS) is 14.3. The summed E-state index contributed by atoms with van der Waals surface area (Å²) in [5.74, 6) is 0.495. The average molecular weight is 451 g/mol. The molecule has 1 aromatic carbocycles. The van der Waals surface area contributed by atoms with Crippen LogP contribution < -0.4 is 10.2 Å². The van der Waals surface area contributed by atoms with Gasteiger partial charge in [0.15, 0.2) is 11.9 Å². The first-order chi connectivity index (χ1) is 16.2. The molecule has 1 N–H and O–H groups in total. The fraction of sp³-hybridized carbons (Fsp3) is 0.364. The van der Waals surface area contributed by atoms with Crippen LogP contribution in [0.2, 0.25) is 0 Å². The van der Waals surface area contributed by atoms with Crippen LogP contribution in [-0.2, 0) is 20.8 Å². The number of benzene rings is 1. The van der Waals surface area contributed by atoms with Crippen molar-refractivity contribution in [3.63, 3.8) is 0 Å². The zero-order chi connectivity index (χ0) is 22.6. The van der Waals surface area contributed by atoms with Gasteiger partial charge in [-0.15, -0.1) is 5.10 Å². The molecule has 1 fully saturated rings. The molecule has 4 heterocycles. The van der Waals surface area contributed by atoms with Crippen molar-refractivity contribution in [2.24, 2.45) is 0 Å². The first-order valence-electron chi connectivity index (χ1n) is 10.7. The summed E-state index contributed by atoms with van der Waals surface area (Å²) in [5, 5.41) is 12.2. The van der Waals surface area contributed by atoms with E-state index in [9.17, 15) is 0 Å². The second-order valence-electron chi connectivity index (χ2n) is 7.60. The first kappa shape index (κ1) is 21.3. The SMILES string of the molecule is COC(Cn1cc(-c2nccn3nc(Nc4ccc(N5CCOCC5)cc4)nc23)cn1)OC. The van der Waals surface area contributed by atoms with Crippen LogP contribution in [0.3, 0.4) is 0 Å². The Balaban J connectivity index is 1.34. The Labute approximate surface area is 190 Å². The Morgan fingerprint density at radius 1 is 1.12 bits per heavy atom. The molecule has 0 amide bonds. The lowest BCUT2D eigenvalue weighted by atomic mass is 10.2. The van der Waals surface area contributed by atoms with Crippen molar-refractivity contribution in [3.8, 4) is 11.3 Å². The van der Waals surface area contributed by atoms with Gasteiger partial charge in [0.2, 0.25) is 5.95 Å². The summed E-state index contributed by atoms with van der Waals surface area (Å²) in [6.07, 6.45) is 6.73. The number of hydrogen-bond donors (Lipinski definition) is 1. The topological polar surface area (TPSA) is 104 Å². The molecule has 33 heavy (non-hydrogen) atoms. The van der Waals surface area contributed by atoms with Crippen molar-refractivity contribution in [1.82, 2.24) is 29.4 Å². The zero-order valence-corrected chi connectivity index (χ0v) is 18.6. The summed E-state index contributed by atoms with van der Waals surface area (Å²) in [6.45, 7) is 3.81. The molecule has 4 aromatic rings. The third kappa shape index (κ3) is 4.65. The van der Waals surface area contributed by atoms with E-state index >= 15 is 0 Å². The van der Waals surface area contributed by atoms with E-state index in [-0.39, 0.29) is 6.29 Å². The summed E-state index contributed by atoms with van der Waals surface area (Å²) in [6, 6.07) is 8.25. The van der Waals surface area contributed by atoms with Crippen LogP contribution in [0.5, 0.6) is 0 Å². The van der Waals surface area contributed by atoms with Gasteiger partial charge in [0.1, 0.15) is 5.69 Å². The van der Waals surface area contributed by atoms with Crippen LogP contribution in [0, 0.1) is 0 Å². The monoisotopic (exact) mass is 450 g/mol. The fourth-order valence-corrected chi connectivity index (χ4v) is 3.76. The number of aromatic nitrogens is 6. The third-order valence-corrected chi connectivity index (χ3v) is 5.52. The summed E-state index contributed by atoms with van der Waals surface area (Å²) < 4.78 is 19.4. The lowest BCUT2D eigenvalue weighted by Crippen LogP contribution is -2.36. The lowest BCUT2D eigenvalue weighted by Gasteiger charge is -2.28. The highest BCUT2D eigenvalue weighted by atomic mass is 16.7. The van der Waals surface area contributed by atoms with Crippen LogP contribution in [0.1, 0.15) is 0 Å². The van der Waals surface area contributed by atoms with Crippen molar-refractivity contribution >= 4 is 23.0 Å². The highest BCUT2D eigenvalue weighted by Gasteiger charge is 2.15. The maximum absolute atomic E-state index is 5.43. The number of morpholine rings is 1. The number of nitrogens with one attached hydrogen (secondary N) is 1. The van der Waals surface area contributed by atoms with E-state index in [0.717, 1.165) is 37.6 Å². The molecule has 0 spiro atoms. The van der Waals surface area contributed by atoms with Crippen molar-refractivity contribution in [2.45, 2.75) is 12.8 Å². The quantitative estimate of drug-likeness (QED) is 0.405. The van der Waals surface area contributed by atoms with Crippen LogP contribution in [-0.4, -0.2) is 76.2 Å². The second kappa shape index (κ2) is 9.53. The predicted octanol–water partition coefficient (Wildman–Crippen LogP) is 2.19. The molecule has 0 radical (unpaired) electrons. The average Bonchev–Trinajstić information content (AvgIpc) is 3.50. The molecule has 172 valence electrons. The van der Waals surface area contributed by atoms with Crippen LogP contribution in [0.15, 0.2) is 49.1 Å². The minimum absolute atomic E-state index is 0.375. The number of nitrogens with zero attached hydrogens (tertiary/aromatic N) is 7. The van der Waals surface area contributed by atoms with Crippen molar-refractivity contribution in [3.05, 3.63) is 49.1 Å². The van der Waals surface area contributed by atoms with Crippen LogP contribution in [0.4, 0.5) is 17.3 Å². The Hall–Kier alpha value is -3.54. The Bertz CT molecular complexity index is 1200. The van der Waals surface area contributed by atoms with E-state index in [1.165, 1.54) is 5.69 Å². The number of hydrogen-bond acceptors (Lipinski definition) is 9. The van der Waals surface area contributed by atoms with E-state index < -0.39 is 0 Å². The molecule has 11 nitrogen and oxygen atoms in total. The molecule has 5 rings (SSSR count). The van der Waals surface area contributed by atoms with Gasteiger partial charge in [-0.05, 0) is 24.3 Å². The molecule has 0 aliphatic carbocycles. The third-order valence-electron chi connectivity index (χ3n) is 5.52. The molecule has 0 saturated carbocycles. The second-order valence-corrected chi connectivity index (χ2v) is 7.60. The van der Waals surface area contributed by atoms with Gasteiger partial charge in [-0.2, -0.15) is 10.1 Å². The van der Waals surface area contributed by atoms with Gasteiger partial charge in [-0.25, -0.2) is 4.52 Å². The van der Waals surface area contributed by atoms with Crippen LogP contribution >= 0.6 is 0 Å². The van der Waals surface area contributed by atoms with E-state index in [1.807, 2.05) is 18.3 Å². The number of anilines is 3. The van der Waals surface area contributed by atoms with E-state index in [0.29, 0.717) is 23.8 Å². The van der Waals surface area contributed by atoms with E-state index in [2.05, 4.69) is 42.5 Å². The van der Waals surface area contributed by atoms with E-state index in [1.54, 1.807) is 42.0 Å². The summed E-state index contributed by atoms with van der Waals surface area (Å²) in [4.78, 5) is 11.5. The lowest BCUT2D eigenvalue weighted by molar-refractivity contribution is -0.112. The summed E-state index contributed by atoms with van der Waals surface area (Å²) in [5.41, 5.74) is 4.26. The Morgan fingerprint density at radius 2 is 1.91 bits per heavy atom. The van der Waals surface area contributed by atoms with Gasteiger partial charge in [-0.3, -0.25) is 9.67 Å². The molecular weight excluding hydrogens is 424 g/mol. The van der Waals surface area contributed by atoms with E-state index in [4.69, 9.17) is 14.2 Å². The van der Waals surface area contributed by atoms with Crippen molar-refractivity contribution in [1.29, 1.82) is 0 Å². The maximum Gasteiger partial charge on any atom is 0.247 e. The predicted molar refractivity (Wildman–Crippen MR) is 123 cm³/mol. The van der Waals surface area contributed by atoms with Crippen molar-refractivity contribution < 1.29 is 14.2 Å². The van der Waals surface area contributed by atoms with Gasteiger partial charge in [0, 0.05) is 62.8 Å². The number of rotatable bonds is 8. The number of ether oxygens (including phenoxy) is 3. The van der Waals surface area contributed by atoms with Gasteiger partial charge in [0.05, 0.1) is 26.0 Å². The number of fused-ring (bicyclic) bond motifs is 1. The summed E-state index contributed by atoms with van der Waals surface area (Å²) >= 11 is 0. The molecule has 1 aliphatic rings. The molecule has 0 bridgehead atoms. The minimum atomic E-state index is -0.375.